The lowest BCUT2D eigenvalue weighted by Crippen LogP contribution is -2.36. The fourth-order valence-electron chi connectivity index (χ4n) is 1.34. The Morgan fingerprint density at radius 2 is 1.78 bits per heavy atom. The molecule has 0 heterocycles. The molecule has 0 aliphatic carbocycles. The third kappa shape index (κ3) is 5.65. The van der Waals surface area contributed by atoms with Crippen LogP contribution in [0.3, 0.4) is 0 Å². The Morgan fingerprint density at radius 3 is 2.33 bits per heavy atom. The van der Waals surface area contributed by atoms with Crippen molar-refractivity contribution in [3.05, 3.63) is 30.3 Å². The summed E-state index contributed by atoms with van der Waals surface area (Å²) in [5.74, 6) is 0.499. The summed E-state index contributed by atoms with van der Waals surface area (Å²) in [5.41, 5.74) is 0. The van der Waals surface area contributed by atoms with Gasteiger partial charge in [-0.1, -0.05) is 18.2 Å². The molecule has 5 heteroatoms. The monoisotopic (exact) mass is 253 g/mol. The maximum Gasteiger partial charge on any atom is 0.412 e. The normalized spacial score (nSPS) is 10.4. The van der Waals surface area contributed by atoms with Crippen LogP contribution in [-0.4, -0.2) is 32.1 Å². The summed E-state index contributed by atoms with van der Waals surface area (Å²) in [6.07, 6.45) is -0.964. The van der Waals surface area contributed by atoms with Crippen LogP contribution in [0, 0.1) is 0 Å². The average Bonchev–Trinajstić information content (AvgIpc) is 2.38. The highest BCUT2D eigenvalue weighted by atomic mass is 16.7. The smallest absolute Gasteiger partial charge is 0.410 e. The highest BCUT2D eigenvalue weighted by molar-refractivity contribution is 5.70. The molecule has 1 aromatic carbocycles. The van der Waals surface area contributed by atoms with Gasteiger partial charge in [-0.2, -0.15) is 0 Å². The maximum atomic E-state index is 11.5. The number of carbonyl (C=O) groups excluding carboxylic acids is 1. The topological polar surface area (TPSA) is 56.8 Å². The summed E-state index contributed by atoms with van der Waals surface area (Å²) < 4.78 is 15.6. The van der Waals surface area contributed by atoms with Crippen molar-refractivity contribution in [1.82, 2.24) is 5.32 Å². The van der Waals surface area contributed by atoms with Crippen molar-refractivity contribution in [1.29, 1.82) is 0 Å². The summed E-state index contributed by atoms with van der Waals surface area (Å²) in [6.45, 7) is 5.05. The average molecular weight is 253 g/mol. The fourth-order valence-corrected chi connectivity index (χ4v) is 1.34. The number of hydrogen-bond donors (Lipinski definition) is 1. The Balaban J connectivity index is 2.31. The second kappa shape index (κ2) is 8.49. The van der Waals surface area contributed by atoms with Gasteiger partial charge < -0.3 is 19.5 Å². The first-order valence-electron chi connectivity index (χ1n) is 6.00. The first-order chi connectivity index (χ1) is 8.76. The Morgan fingerprint density at radius 1 is 1.17 bits per heavy atom. The van der Waals surface area contributed by atoms with Crippen molar-refractivity contribution >= 4 is 6.09 Å². The molecule has 0 aromatic heterocycles. The van der Waals surface area contributed by atoms with Crippen LogP contribution < -0.4 is 10.1 Å². The van der Waals surface area contributed by atoms with E-state index < -0.39 is 12.4 Å². The van der Waals surface area contributed by atoms with E-state index in [0.717, 1.165) is 0 Å². The quantitative estimate of drug-likeness (QED) is 0.757. The van der Waals surface area contributed by atoms with Gasteiger partial charge in [0, 0.05) is 13.2 Å². The van der Waals surface area contributed by atoms with Gasteiger partial charge in [-0.15, -0.1) is 0 Å². The molecule has 0 unspecified atom stereocenters. The van der Waals surface area contributed by atoms with Crippen molar-refractivity contribution in [3.8, 4) is 5.75 Å². The van der Waals surface area contributed by atoms with E-state index in [4.69, 9.17) is 14.2 Å². The number of nitrogens with one attached hydrogen (secondary N) is 1. The van der Waals surface area contributed by atoms with Gasteiger partial charge in [0.05, 0.1) is 6.54 Å². The van der Waals surface area contributed by atoms with E-state index in [-0.39, 0.29) is 6.54 Å². The molecule has 100 valence electrons. The number of ether oxygens (including phenoxy) is 3. The molecule has 1 N–H and O–H groups in total. The molecule has 0 spiro atoms. The van der Waals surface area contributed by atoms with E-state index in [1.54, 1.807) is 24.3 Å². The van der Waals surface area contributed by atoms with E-state index in [2.05, 4.69) is 5.32 Å². The van der Waals surface area contributed by atoms with E-state index >= 15 is 0 Å². The summed E-state index contributed by atoms with van der Waals surface area (Å²) in [5, 5.41) is 2.59. The zero-order chi connectivity index (χ0) is 13.2. The molecular weight excluding hydrogens is 234 g/mol. The third-order valence-electron chi connectivity index (χ3n) is 2.07. The molecule has 1 rings (SSSR count). The molecule has 0 atom stereocenters. The minimum atomic E-state index is -0.523. The highest BCUT2D eigenvalue weighted by Crippen LogP contribution is 2.08. The van der Waals surface area contributed by atoms with Gasteiger partial charge in [0.25, 0.3) is 0 Å². The number of para-hydroxylation sites is 1. The highest BCUT2D eigenvalue weighted by Gasteiger charge is 2.10. The molecule has 0 aliphatic heterocycles. The van der Waals surface area contributed by atoms with Gasteiger partial charge in [-0.3, -0.25) is 0 Å². The summed E-state index contributed by atoms with van der Waals surface area (Å²) in [7, 11) is 0. The minimum absolute atomic E-state index is 0.257. The second-order valence-electron chi connectivity index (χ2n) is 3.42. The molecule has 5 nitrogen and oxygen atoms in total. The lowest BCUT2D eigenvalue weighted by Gasteiger charge is -2.17. The van der Waals surface area contributed by atoms with Gasteiger partial charge in [0.2, 0.25) is 0 Å². The molecule has 1 aromatic rings. The molecule has 0 fully saturated rings. The van der Waals surface area contributed by atoms with Crippen molar-refractivity contribution in [2.75, 3.05) is 19.8 Å². The number of hydrogen-bond acceptors (Lipinski definition) is 4. The predicted octanol–water partition coefficient (Wildman–Crippen LogP) is 2.17. The molecular formula is C13H19NO4. The molecule has 0 bridgehead atoms. The summed E-state index contributed by atoms with van der Waals surface area (Å²) in [4.78, 5) is 11.5. The van der Waals surface area contributed by atoms with Gasteiger partial charge in [0.15, 0.2) is 6.29 Å². The van der Waals surface area contributed by atoms with Crippen LogP contribution in [-0.2, 0) is 9.47 Å². The number of amides is 1. The molecule has 0 saturated carbocycles. The van der Waals surface area contributed by atoms with Gasteiger partial charge in [0.1, 0.15) is 5.75 Å². The first kappa shape index (κ1) is 14.5. The van der Waals surface area contributed by atoms with Crippen molar-refractivity contribution in [2.24, 2.45) is 0 Å². The number of rotatable bonds is 7. The summed E-state index contributed by atoms with van der Waals surface area (Å²) >= 11 is 0. The zero-order valence-electron chi connectivity index (χ0n) is 10.7. The van der Waals surface area contributed by atoms with Crippen LogP contribution in [0.25, 0.3) is 0 Å². The van der Waals surface area contributed by atoms with Crippen LogP contribution in [0.4, 0.5) is 4.79 Å². The Bertz CT molecular complexity index is 336. The van der Waals surface area contributed by atoms with Crippen molar-refractivity contribution in [3.63, 3.8) is 0 Å². The van der Waals surface area contributed by atoms with Crippen LogP contribution in [0.2, 0.25) is 0 Å². The molecule has 18 heavy (non-hydrogen) atoms. The second-order valence-corrected chi connectivity index (χ2v) is 3.42. The van der Waals surface area contributed by atoms with Gasteiger partial charge in [-0.05, 0) is 26.0 Å². The number of carbonyl (C=O) groups is 1. The lowest BCUT2D eigenvalue weighted by atomic mass is 10.3. The lowest BCUT2D eigenvalue weighted by molar-refractivity contribution is -0.131. The predicted molar refractivity (Wildman–Crippen MR) is 67.5 cm³/mol. The van der Waals surface area contributed by atoms with Crippen LogP contribution in [0.15, 0.2) is 30.3 Å². The maximum absolute atomic E-state index is 11.5. The van der Waals surface area contributed by atoms with Crippen molar-refractivity contribution < 1.29 is 19.0 Å². The number of benzene rings is 1. The van der Waals surface area contributed by atoms with Gasteiger partial charge in [-0.25, -0.2) is 4.79 Å². The Hall–Kier alpha value is -1.59. The fraction of sp³-hybridized carbons (Fsp3) is 0.462. The SMILES string of the molecule is CCOC(CNC(=O)Oc1ccccc1)OCC. The first-order valence-corrected chi connectivity index (χ1v) is 6.00. The standard InChI is InChI=1S/C13H19NO4/c1-3-16-12(17-4-2)10-14-13(15)18-11-8-6-5-7-9-11/h5-9,12H,3-4,10H2,1-2H3,(H,14,15). The van der Waals surface area contributed by atoms with Crippen LogP contribution in [0.5, 0.6) is 5.75 Å². The molecule has 0 radical (unpaired) electrons. The van der Waals surface area contributed by atoms with E-state index in [9.17, 15) is 4.79 Å². The summed E-state index contributed by atoms with van der Waals surface area (Å²) in [6, 6.07) is 8.87. The van der Waals surface area contributed by atoms with E-state index in [0.29, 0.717) is 19.0 Å². The third-order valence-corrected chi connectivity index (χ3v) is 2.07. The Labute approximate surface area is 107 Å². The van der Waals surface area contributed by atoms with Crippen LogP contribution in [0.1, 0.15) is 13.8 Å². The molecule has 0 aliphatic rings. The largest absolute Gasteiger partial charge is 0.412 e. The van der Waals surface area contributed by atoms with Gasteiger partial charge >= 0.3 is 6.09 Å². The van der Waals surface area contributed by atoms with Crippen molar-refractivity contribution in [2.45, 2.75) is 20.1 Å². The van der Waals surface area contributed by atoms with E-state index in [1.165, 1.54) is 0 Å². The van der Waals surface area contributed by atoms with E-state index in [1.807, 2.05) is 19.9 Å². The minimum Gasteiger partial charge on any atom is -0.410 e. The molecule has 0 saturated heterocycles. The zero-order valence-corrected chi connectivity index (χ0v) is 10.7. The molecule has 1 amide bonds. The van der Waals surface area contributed by atoms with Crippen LogP contribution >= 0.6 is 0 Å². The Kier molecular flexibility index (Phi) is 6.83.